The highest BCUT2D eigenvalue weighted by Gasteiger charge is 2.38. The van der Waals surface area contributed by atoms with Crippen LogP contribution in [0.1, 0.15) is 6.92 Å². The SMILES string of the molecule is C[C@H]1CN(S(=O)(=O)c2cccs2)CCN1S(=O)(=O)c1cccs1. The van der Waals surface area contributed by atoms with Crippen molar-refractivity contribution in [3.8, 4) is 0 Å². The van der Waals surface area contributed by atoms with Crippen molar-refractivity contribution >= 4 is 42.7 Å². The van der Waals surface area contributed by atoms with Gasteiger partial charge in [-0.2, -0.15) is 8.61 Å². The van der Waals surface area contributed by atoms with Crippen LogP contribution in [0.5, 0.6) is 0 Å². The lowest BCUT2D eigenvalue weighted by molar-refractivity contribution is 0.213. The minimum atomic E-state index is -3.56. The quantitative estimate of drug-likeness (QED) is 0.796. The Morgan fingerprint density at radius 1 is 0.957 bits per heavy atom. The third-order valence-electron chi connectivity index (χ3n) is 3.68. The van der Waals surface area contributed by atoms with Crippen LogP contribution in [-0.4, -0.2) is 51.1 Å². The van der Waals surface area contributed by atoms with Gasteiger partial charge in [0.2, 0.25) is 0 Å². The molecule has 2 aromatic heterocycles. The molecule has 0 aliphatic carbocycles. The molecule has 0 aromatic carbocycles. The molecular weight excluding hydrogens is 376 g/mol. The lowest BCUT2D eigenvalue weighted by Crippen LogP contribution is -2.54. The van der Waals surface area contributed by atoms with E-state index in [0.717, 1.165) is 0 Å². The minimum Gasteiger partial charge on any atom is -0.206 e. The van der Waals surface area contributed by atoms with E-state index >= 15 is 0 Å². The molecule has 0 radical (unpaired) electrons. The number of rotatable bonds is 4. The molecule has 6 nitrogen and oxygen atoms in total. The zero-order chi connectivity index (χ0) is 16.7. The number of hydrogen-bond donors (Lipinski definition) is 0. The molecular formula is C13H16N2O4S4. The maximum absolute atomic E-state index is 12.6. The normalized spacial score (nSPS) is 21.5. The number of thiophene rings is 2. The van der Waals surface area contributed by atoms with Crippen LogP contribution in [0, 0.1) is 0 Å². The highest BCUT2D eigenvalue weighted by molar-refractivity contribution is 7.91. The van der Waals surface area contributed by atoms with E-state index in [1.165, 1.54) is 31.3 Å². The highest BCUT2D eigenvalue weighted by atomic mass is 32.3. The van der Waals surface area contributed by atoms with Crippen molar-refractivity contribution in [2.24, 2.45) is 0 Å². The number of piperazine rings is 1. The van der Waals surface area contributed by atoms with Crippen LogP contribution in [0.4, 0.5) is 0 Å². The Labute approximate surface area is 144 Å². The van der Waals surface area contributed by atoms with E-state index in [-0.39, 0.29) is 19.6 Å². The van der Waals surface area contributed by atoms with Crippen molar-refractivity contribution in [2.75, 3.05) is 19.6 Å². The van der Waals surface area contributed by atoms with Gasteiger partial charge in [0.1, 0.15) is 8.42 Å². The Morgan fingerprint density at radius 2 is 1.52 bits per heavy atom. The van der Waals surface area contributed by atoms with Crippen molar-refractivity contribution in [1.82, 2.24) is 8.61 Å². The molecule has 0 bridgehead atoms. The van der Waals surface area contributed by atoms with Gasteiger partial charge >= 0.3 is 0 Å². The summed E-state index contributed by atoms with van der Waals surface area (Å²) in [5.74, 6) is 0. The van der Waals surface area contributed by atoms with Crippen molar-refractivity contribution in [3.05, 3.63) is 35.0 Å². The zero-order valence-electron chi connectivity index (χ0n) is 12.3. The van der Waals surface area contributed by atoms with Crippen molar-refractivity contribution < 1.29 is 16.8 Å². The van der Waals surface area contributed by atoms with Gasteiger partial charge in [-0.3, -0.25) is 0 Å². The molecule has 1 atom stereocenters. The molecule has 1 fully saturated rings. The van der Waals surface area contributed by atoms with Crippen molar-refractivity contribution in [3.63, 3.8) is 0 Å². The topological polar surface area (TPSA) is 74.8 Å². The fraction of sp³-hybridized carbons (Fsp3) is 0.385. The second-order valence-corrected chi connectivity index (χ2v) is 11.4. The Bertz CT molecular complexity index is 857. The average molecular weight is 393 g/mol. The average Bonchev–Trinajstić information content (AvgIpc) is 3.20. The fourth-order valence-corrected chi connectivity index (χ4v) is 7.94. The molecule has 23 heavy (non-hydrogen) atoms. The molecule has 0 amide bonds. The van der Waals surface area contributed by atoms with Gasteiger partial charge < -0.3 is 0 Å². The number of sulfonamides is 2. The molecule has 0 spiro atoms. The van der Waals surface area contributed by atoms with Crippen LogP contribution in [-0.2, 0) is 20.0 Å². The third-order valence-corrected chi connectivity index (χ3v) is 10.3. The molecule has 0 N–H and O–H groups in total. The van der Waals surface area contributed by atoms with E-state index in [0.29, 0.717) is 8.42 Å². The Morgan fingerprint density at radius 3 is 2.00 bits per heavy atom. The monoisotopic (exact) mass is 392 g/mol. The summed E-state index contributed by atoms with van der Waals surface area (Å²) in [5, 5.41) is 3.43. The maximum Gasteiger partial charge on any atom is 0.252 e. The summed E-state index contributed by atoms with van der Waals surface area (Å²) in [6.07, 6.45) is 0. The molecule has 10 heteroatoms. The summed E-state index contributed by atoms with van der Waals surface area (Å²) in [7, 11) is -7.10. The summed E-state index contributed by atoms with van der Waals surface area (Å²) in [5.41, 5.74) is 0. The first kappa shape index (κ1) is 17.1. The first-order chi connectivity index (χ1) is 10.8. The zero-order valence-corrected chi connectivity index (χ0v) is 15.6. The van der Waals surface area contributed by atoms with E-state index in [1.807, 2.05) is 0 Å². The van der Waals surface area contributed by atoms with Crippen LogP contribution >= 0.6 is 22.7 Å². The molecule has 1 aliphatic rings. The molecule has 1 aliphatic heterocycles. The first-order valence-electron chi connectivity index (χ1n) is 6.92. The van der Waals surface area contributed by atoms with E-state index in [4.69, 9.17) is 0 Å². The lowest BCUT2D eigenvalue weighted by atomic mass is 10.3. The maximum atomic E-state index is 12.6. The Kier molecular flexibility index (Phi) is 4.64. The Hall–Kier alpha value is -0.780. The lowest BCUT2D eigenvalue weighted by Gasteiger charge is -2.37. The van der Waals surface area contributed by atoms with Crippen LogP contribution in [0.3, 0.4) is 0 Å². The smallest absolute Gasteiger partial charge is 0.206 e. The molecule has 3 heterocycles. The van der Waals surface area contributed by atoms with Gasteiger partial charge in [0.05, 0.1) is 0 Å². The van der Waals surface area contributed by atoms with Crippen LogP contribution in [0.2, 0.25) is 0 Å². The molecule has 2 aromatic rings. The minimum absolute atomic E-state index is 0.158. The second kappa shape index (κ2) is 6.26. The van der Waals surface area contributed by atoms with Gasteiger partial charge in [0.25, 0.3) is 20.0 Å². The van der Waals surface area contributed by atoms with Gasteiger partial charge in [-0.05, 0) is 29.8 Å². The third kappa shape index (κ3) is 3.11. The highest BCUT2D eigenvalue weighted by Crippen LogP contribution is 2.28. The number of nitrogens with zero attached hydrogens (tertiary/aromatic N) is 2. The van der Waals surface area contributed by atoms with E-state index in [9.17, 15) is 16.8 Å². The van der Waals surface area contributed by atoms with E-state index in [1.54, 1.807) is 41.9 Å². The van der Waals surface area contributed by atoms with Crippen LogP contribution < -0.4 is 0 Å². The van der Waals surface area contributed by atoms with Gasteiger partial charge in [0.15, 0.2) is 0 Å². The van der Waals surface area contributed by atoms with Gasteiger partial charge in [0, 0.05) is 25.7 Å². The van der Waals surface area contributed by atoms with Crippen molar-refractivity contribution in [1.29, 1.82) is 0 Å². The van der Waals surface area contributed by atoms with E-state index in [2.05, 4.69) is 0 Å². The first-order valence-corrected chi connectivity index (χ1v) is 11.6. The summed E-state index contributed by atoms with van der Waals surface area (Å²) < 4.78 is 53.7. The summed E-state index contributed by atoms with van der Waals surface area (Å²) in [6.45, 7) is 2.22. The number of hydrogen-bond acceptors (Lipinski definition) is 6. The summed E-state index contributed by atoms with van der Waals surface area (Å²) in [6, 6.07) is 6.12. The Balaban J connectivity index is 1.81. The van der Waals surface area contributed by atoms with Crippen LogP contribution in [0.25, 0.3) is 0 Å². The van der Waals surface area contributed by atoms with Gasteiger partial charge in [-0.25, -0.2) is 16.8 Å². The van der Waals surface area contributed by atoms with Gasteiger partial charge in [-0.15, -0.1) is 22.7 Å². The predicted molar refractivity (Wildman–Crippen MR) is 90.8 cm³/mol. The summed E-state index contributed by atoms with van der Waals surface area (Å²) >= 11 is 2.34. The van der Waals surface area contributed by atoms with Gasteiger partial charge in [-0.1, -0.05) is 12.1 Å². The fourth-order valence-electron chi connectivity index (χ4n) is 2.55. The molecule has 3 rings (SSSR count). The second-order valence-electron chi connectivity index (χ2n) is 5.19. The molecule has 1 saturated heterocycles. The molecule has 0 unspecified atom stereocenters. The standard InChI is InChI=1S/C13H16N2O4S4/c1-11-10-14(22(16,17)12-4-2-8-20-12)6-7-15(11)23(18,19)13-5-3-9-21-13/h2-5,8-9,11H,6-7,10H2,1H3/t11-/m0/s1. The van der Waals surface area contributed by atoms with Crippen LogP contribution in [0.15, 0.2) is 43.4 Å². The predicted octanol–water partition coefficient (Wildman–Crippen LogP) is 1.89. The van der Waals surface area contributed by atoms with Crippen molar-refractivity contribution in [2.45, 2.75) is 21.4 Å². The largest absolute Gasteiger partial charge is 0.252 e. The summed E-state index contributed by atoms with van der Waals surface area (Å²) in [4.78, 5) is 0. The molecule has 126 valence electrons. The van der Waals surface area contributed by atoms with E-state index < -0.39 is 26.1 Å². The molecule has 0 saturated carbocycles.